The van der Waals surface area contributed by atoms with Crippen molar-refractivity contribution in [1.29, 1.82) is 0 Å². The zero-order chi connectivity index (χ0) is 15.9. The molecule has 0 amide bonds. The van der Waals surface area contributed by atoms with E-state index in [1.54, 1.807) is 24.3 Å². The van der Waals surface area contributed by atoms with E-state index in [1.807, 2.05) is 0 Å². The van der Waals surface area contributed by atoms with E-state index < -0.39 is 17.1 Å². The van der Waals surface area contributed by atoms with Crippen molar-refractivity contribution in [2.24, 2.45) is 0 Å². The van der Waals surface area contributed by atoms with Crippen LogP contribution in [0.25, 0.3) is 11.0 Å². The highest BCUT2D eigenvalue weighted by Crippen LogP contribution is 2.25. The van der Waals surface area contributed by atoms with Gasteiger partial charge in [-0.15, -0.1) is 0 Å². The molecular weight excluding hydrogens is 371 g/mol. The van der Waals surface area contributed by atoms with Crippen molar-refractivity contribution in [2.75, 3.05) is 0 Å². The van der Waals surface area contributed by atoms with Crippen LogP contribution in [0.3, 0.4) is 0 Å². The van der Waals surface area contributed by atoms with Crippen molar-refractivity contribution in [3.05, 3.63) is 53.1 Å². The van der Waals surface area contributed by atoms with Gasteiger partial charge in [0.15, 0.2) is 5.65 Å². The summed E-state index contributed by atoms with van der Waals surface area (Å²) < 4.78 is 27.1. The second-order valence-corrected chi connectivity index (χ2v) is 7.20. The molecule has 0 saturated heterocycles. The third-order valence-electron chi connectivity index (χ3n) is 3.18. The zero-order valence-corrected chi connectivity index (χ0v) is 13.5. The number of fused-ring (bicyclic) bond motifs is 1. The van der Waals surface area contributed by atoms with Crippen LogP contribution in [0, 0.1) is 0 Å². The van der Waals surface area contributed by atoms with Gasteiger partial charge in [-0.1, -0.05) is 18.2 Å². The van der Waals surface area contributed by atoms with Crippen molar-refractivity contribution in [1.82, 2.24) is 8.96 Å². The van der Waals surface area contributed by atoms with Crippen molar-refractivity contribution in [3.8, 4) is 0 Å². The Morgan fingerprint density at radius 2 is 1.82 bits per heavy atom. The van der Waals surface area contributed by atoms with Crippen LogP contribution in [-0.2, 0) is 10.0 Å². The van der Waals surface area contributed by atoms with E-state index in [9.17, 15) is 18.5 Å². The van der Waals surface area contributed by atoms with E-state index in [1.165, 1.54) is 24.4 Å². The number of nitrogens with zero attached hydrogens (tertiary/aromatic N) is 2. The van der Waals surface area contributed by atoms with Gasteiger partial charge in [-0.05, 0) is 40.2 Å². The molecule has 0 unspecified atom stereocenters. The first-order chi connectivity index (χ1) is 10.4. The predicted molar refractivity (Wildman–Crippen MR) is 86.3 cm³/mol. The molecular formula is C13H10BBrN2O4S. The van der Waals surface area contributed by atoms with Crippen LogP contribution in [0.15, 0.2) is 58.0 Å². The number of pyridine rings is 1. The van der Waals surface area contributed by atoms with Gasteiger partial charge in [0.05, 0.1) is 10.5 Å². The second-order valence-electron chi connectivity index (χ2n) is 4.56. The standard InChI is InChI=1S/C13H10BBrN2O4S/c15-11-6-7-16-13-10(11)8-12(14(18)19)17(13)22(20,21)9-4-2-1-3-5-9/h1-8,18-19H. The minimum Gasteiger partial charge on any atom is -0.422 e. The summed E-state index contributed by atoms with van der Waals surface area (Å²) >= 11 is 3.31. The maximum Gasteiger partial charge on any atom is 0.507 e. The fraction of sp³-hybridized carbons (Fsp3) is 0. The fourth-order valence-electron chi connectivity index (χ4n) is 2.19. The van der Waals surface area contributed by atoms with Gasteiger partial charge in [-0.25, -0.2) is 17.4 Å². The average molecular weight is 381 g/mol. The molecule has 112 valence electrons. The third-order valence-corrected chi connectivity index (χ3v) is 5.60. The van der Waals surface area contributed by atoms with Gasteiger partial charge < -0.3 is 10.0 Å². The van der Waals surface area contributed by atoms with Crippen LogP contribution >= 0.6 is 15.9 Å². The Morgan fingerprint density at radius 1 is 1.14 bits per heavy atom. The van der Waals surface area contributed by atoms with Gasteiger partial charge in [-0.3, -0.25) is 0 Å². The molecule has 22 heavy (non-hydrogen) atoms. The summed E-state index contributed by atoms with van der Waals surface area (Å²) in [6.45, 7) is 0. The molecule has 2 heterocycles. The number of hydrogen-bond acceptors (Lipinski definition) is 5. The molecule has 2 aromatic heterocycles. The molecule has 3 rings (SSSR count). The number of benzene rings is 1. The van der Waals surface area contributed by atoms with Crippen LogP contribution < -0.4 is 5.59 Å². The Kier molecular flexibility index (Phi) is 3.81. The van der Waals surface area contributed by atoms with Crippen LogP contribution in [0.1, 0.15) is 0 Å². The highest BCUT2D eigenvalue weighted by Gasteiger charge is 2.29. The molecule has 0 radical (unpaired) electrons. The summed E-state index contributed by atoms with van der Waals surface area (Å²) in [7, 11) is -5.95. The van der Waals surface area contributed by atoms with Crippen molar-refractivity contribution < 1.29 is 18.5 Å². The number of aromatic nitrogens is 2. The van der Waals surface area contributed by atoms with E-state index in [0.717, 1.165) is 3.97 Å². The molecule has 9 heteroatoms. The van der Waals surface area contributed by atoms with Gasteiger partial charge in [-0.2, -0.15) is 0 Å². The Bertz CT molecular complexity index is 941. The van der Waals surface area contributed by atoms with Gasteiger partial charge in [0.1, 0.15) is 0 Å². The first kappa shape index (κ1) is 15.2. The molecule has 0 atom stereocenters. The maximum absolute atomic E-state index is 12.8. The van der Waals surface area contributed by atoms with E-state index >= 15 is 0 Å². The molecule has 1 aromatic carbocycles. The first-order valence-electron chi connectivity index (χ1n) is 6.25. The quantitative estimate of drug-likeness (QED) is 0.653. The second kappa shape index (κ2) is 5.51. The first-order valence-corrected chi connectivity index (χ1v) is 8.49. The molecule has 2 N–H and O–H groups in total. The largest absolute Gasteiger partial charge is 0.507 e. The molecule has 0 aliphatic rings. The Morgan fingerprint density at radius 3 is 2.45 bits per heavy atom. The van der Waals surface area contributed by atoms with Crippen LogP contribution in [0.4, 0.5) is 0 Å². The highest BCUT2D eigenvalue weighted by molar-refractivity contribution is 9.10. The summed E-state index contributed by atoms with van der Waals surface area (Å²) in [4.78, 5) is 4.11. The van der Waals surface area contributed by atoms with Gasteiger partial charge >= 0.3 is 7.12 Å². The summed E-state index contributed by atoms with van der Waals surface area (Å²) in [6, 6.07) is 10.8. The van der Waals surface area contributed by atoms with E-state index in [0.29, 0.717) is 9.86 Å². The third kappa shape index (κ3) is 2.36. The Balaban J connectivity index is 2.40. The lowest BCUT2D eigenvalue weighted by atomic mass is 9.86. The molecule has 0 fully saturated rings. The van der Waals surface area contributed by atoms with Crippen molar-refractivity contribution in [2.45, 2.75) is 4.90 Å². The normalized spacial score (nSPS) is 11.8. The van der Waals surface area contributed by atoms with E-state index in [4.69, 9.17) is 0 Å². The van der Waals surface area contributed by atoms with Crippen LogP contribution in [0.5, 0.6) is 0 Å². The van der Waals surface area contributed by atoms with Crippen LogP contribution in [-0.4, -0.2) is 34.5 Å². The van der Waals surface area contributed by atoms with Gasteiger partial charge in [0.2, 0.25) is 0 Å². The van der Waals surface area contributed by atoms with E-state index in [-0.39, 0.29) is 16.1 Å². The average Bonchev–Trinajstić information content (AvgIpc) is 2.90. The van der Waals surface area contributed by atoms with Crippen molar-refractivity contribution in [3.63, 3.8) is 0 Å². The molecule has 3 aromatic rings. The number of halogens is 1. The zero-order valence-electron chi connectivity index (χ0n) is 11.1. The van der Waals surface area contributed by atoms with Crippen molar-refractivity contribution >= 4 is 49.7 Å². The van der Waals surface area contributed by atoms with Crippen LogP contribution in [0.2, 0.25) is 0 Å². The smallest absolute Gasteiger partial charge is 0.422 e. The molecule has 6 nitrogen and oxygen atoms in total. The minimum atomic E-state index is -4.00. The lowest BCUT2D eigenvalue weighted by Gasteiger charge is -2.10. The molecule has 0 aliphatic carbocycles. The highest BCUT2D eigenvalue weighted by atomic mass is 79.9. The van der Waals surface area contributed by atoms with Gasteiger partial charge in [0.25, 0.3) is 10.0 Å². The minimum absolute atomic E-state index is 0.0381. The predicted octanol–water partition coefficient (Wildman–Crippen LogP) is 0.716. The summed E-state index contributed by atoms with van der Waals surface area (Å²) in [5, 5.41) is 19.5. The topological polar surface area (TPSA) is 92.4 Å². The van der Waals surface area contributed by atoms with Gasteiger partial charge in [0, 0.05) is 16.1 Å². The molecule has 0 spiro atoms. The summed E-state index contributed by atoms with van der Waals surface area (Å²) in [5.41, 5.74) is -0.0421. The lowest BCUT2D eigenvalue weighted by molar-refractivity contribution is 0.423. The number of hydrogen-bond donors (Lipinski definition) is 2. The molecule has 0 aliphatic heterocycles. The Hall–Kier alpha value is -1.68. The Labute approximate surface area is 135 Å². The summed E-state index contributed by atoms with van der Waals surface area (Å²) in [5.74, 6) is 0. The maximum atomic E-state index is 12.8. The number of rotatable bonds is 3. The lowest BCUT2D eigenvalue weighted by Crippen LogP contribution is -2.39. The SMILES string of the molecule is O=S(=O)(c1ccccc1)n1c(B(O)O)cc2c(Br)ccnc21. The monoisotopic (exact) mass is 380 g/mol. The van der Waals surface area contributed by atoms with E-state index in [2.05, 4.69) is 20.9 Å². The molecule has 0 bridgehead atoms. The fourth-order valence-corrected chi connectivity index (χ4v) is 4.11. The summed E-state index contributed by atoms with van der Waals surface area (Å²) in [6.07, 6.45) is 1.44. The molecule has 0 saturated carbocycles.